The summed E-state index contributed by atoms with van der Waals surface area (Å²) in [5.74, 6) is 0.154. The fraction of sp³-hybridized carbons (Fsp3) is 0.400. The van der Waals surface area contributed by atoms with E-state index < -0.39 is 0 Å². The number of nitrogens with two attached hydrogens (primary N) is 1. The highest BCUT2D eigenvalue weighted by atomic mass is 19.1. The van der Waals surface area contributed by atoms with Crippen molar-refractivity contribution in [2.24, 2.45) is 11.7 Å². The molecule has 1 saturated carbocycles. The summed E-state index contributed by atoms with van der Waals surface area (Å²) in [5, 5.41) is 9.17. The van der Waals surface area contributed by atoms with E-state index in [9.17, 15) is 4.39 Å². The number of benzene rings is 1. The van der Waals surface area contributed by atoms with E-state index >= 15 is 0 Å². The summed E-state index contributed by atoms with van der Waals surface area (Å²) in [6.45, 7) is 0. The monoisotopic (exact) mass is 181 g/mol. The minimum Gasteiger partial charge on any atom is -0.508 e. The third kappa shape index (κ3) is 1.65. The lowest BCUT2D eigenvalue weighted by molar-refractivity contribution is 0.467. The lowest BCUT2D eigenvalue weighted by Crippen LogP contribution is -2.13. The van der Waals surface area contributed by atoms with E-state index in [1.165, 1.54) is 18.2 Å². The number of halogens is 1. The first-order valence-corrected chi connectivity index (χ1v) is 4.42. The fourth-order valence-corrected chi connectivity index (χ4v) is 1.50. The van der Waals surface area contributed by atoms with Crippen molar-refractivity contribution in [3.05, 3.63) is 29.6 Å². The largest absolute Gasteiger partial charge is 0.508 e. The third-order valence-corrected chi connectivity index (χ3v) is 2.47. The molecule has 0 spiro atoms. The summed E-state index contributed by atoms with van der Waals surface area (Å²) in [6.07, 6.45) is 2.13. The Morgan fingerprint density at radius 2 is 2.15 bits per heavy atom. The van der Waals surface area contributed by atoms with Crippen LogP contribution in [0.3, 0.4) is 0 Å². The molecular formula is C10H12FNO. The summed E-state index contributed by atoms with van der Waals surface area (Å²) >= 11 is 0. The van der Waals surface area contributed by atoms with Gasteiger partial charge in [-0.2, -0.15) is 0 Å². The van der Waals surface area contributed by atoms with Gasteiger partial charge in [0.25, 0.3) is 0 Å². The average molecular weight is 181 g/mol. The van der Waals surface area contributed by atoms with Crippen LogP contribution in [-0.2, 0) is 0 Å². The van der Waals surface area contributed by atoms with Gasteiger partial charge < -0.3 is 10.8 Å². The zero-order chi connectivity index (χ0) is 9.42. The molecule has 3 heteroatoms. The predicted molar refractivity (Wildman–Crippen MR) is 47.7 cm³/mol. The molecule has 0 saturated heterocycles. The van der Waals surface area contributed by atoms with Crippen LogP contribution in [0, 0.1) is 11.7 Å². The van der Waals surface area contributed by atoms with E-state index in [-0.39, 0.29) is 17.6 Å². The number of aromatic hydroxyl groups is 1. The van der Waals surface area contributed by atoms with Crippen molar-refractivity contribution in [1.29, 1.82) is 0 Å². The molecule has 1 aromatic rings. The zero-order valence-corrected chi connectivity index (χ0v) is 7.20. The number of hydrogen-bond donors (Lipinski definition) is 2. The van der Waals surface area contributed by atoms with Gasteiger partial charge in [-0.05, 0) is 37.0 Å². The molecule has 0 bridgehead atoms. The van der Waals surface area contributed by atoms with Gasteiger partial charge in [0, 0.05) is 11.6 Å². The van der Waals surface area contributed by atoms with Gasteiger partial charge in [-0.15, -0.1) is 0 Å². The lowest BCUT2D eigenvalue weighted by atomic mass is 10.0. The van der Waals surface area contributed by atoms with Crippen molar-refractivity contribution in [3.8, 4) is 5.75 Å². The Balaban J connectivity index is 2.31. The number of phenolic OH excluding ortho intramolecular Hbond substituents is 1. The van der Waals surface area contributed by atoms with E-state index in [1.807, 2.05) is 0 Å². The maximum absolute atomic E-state index is 13.2. The summed E-state index contributed by atoms with van der Waals surface area (Å²) < 4.78 is 13.2. The maximum atomic E-state index is 13.2. The molecule has 0 radical (unpaired) electrons. The van der Waals surface area contributed by atoms with Crippen LogP contribution in [0.25, 0.3) is 0 Å². The summed E-state index contributed by atoms with van der Waals surface area (Å²) in [6, 6.07) is 3.75. The average Bonchev–Trinajstić information content (AvgIpc) is 2.91. The Morgan fingerprint density at radius 1 is 1.46 bits per heavy atom. The maximum Gasteiger partial charge on any atom is 0.128 e. The quantitative estimate of drug-likeness (QED) is 0.732. The molecule has 13 heavy (non-hydrogen) atoms. The minimum absolute atomic E-state index is 0.0764. The van der Waals surface area contributed by atoms with Gasteiger partial charge in [-0.25, -0.2) is 4.39 Å². The molecule has 0 aromatic heterocycles. The van der Waals surface area contributed by atoms with Gasteiger partial charge >= 0.3 is 0 Å². The minimum atomic E-state index is -0.322. The zero-order valence-electron chi connectivity index (χ0n) is 7.20. The van der Waals surface area contributed by atoms with Gasteiger partial charge in [0.1, 0.15) is 11.6 Å². The Morgan fingerprint density at radius 3 is 2.77 bits per heavy atom. The van der Waals surface area contributed by atoms with Crippen molar-refractivity contribution < 1.29 is 9.50 Å². The Bertz CT molecular complexity index is 323. The Labute approximate surface area is 76.2 Å². The first-order chi connectivity index (χ1) is 6.18. The van der Waals surface area contributed by atoms with E-state index in [2.05, 4.69) is 0 Å². The highest BCUT2D eigenvalue weighted by Crippen LogP contribution is 2.40. The molecule has 0 amide bonds. The molecule has 0 unspecified atom stereocenters. The van der Waals surface area contributed by atoms with Crippen molar-refractivity contribution >= 4 is 0 Å². The molecule has 1 atom stereocenters. The van der Waals surface area contributed by atoms with Crippen LogP contribution in [0.1, 0.15) is 24.4 Å². The highest BCUT2D eigenvalue weighted by Gasteiger charge is 2.31. The molecule has 0 heterocycles. The smallest absolute Gasteiger partial charge is 0.128 e. The van der Waals surface area contributed by atoms with Gasteiger partial charge in [-0.1, -0.05) is 0 Å². The molecule has 1 aliphatic carbocycles. The van der Waals surface area contributed by atoms with Crippen LogP contribution in [-0.4, -0.2) is 5.11 Å². The van der Waals surface area contributed by atoms with Crippen LogP contribution in [0.2, 0.25) is 0 Å². The molecule has 2 rings (SSSR count). The third-order valence-electron chi connectivity index (χ3n) is 2.47. The Hall–Kier alpha value is -1.09. The molecule has 1 aromatic carbocycles. The second kappa shape index (κ2) is 3.00. The molecule has 1 fully saturated rings. The molecule has 3 N–H and O–H groups in total. The van der Waals surface area contributed by atoms with Crippen LogP contribution >= 0.6 is 0 Å². The van der Waals surface area contributed by atoms with Crippen LogP contribution < -0.4 is 5.73 Å². The lowest BCUT2D eigenvalue weighted by Gasteiger charge is -2.11. The molecular weight excluding hydrogens is 169 g/mol. The highest BCUT2D eigenvalue weighted by molar-refractivity contribution is 5.31. The fourth-order valence-electron chi connectivity index (χ4n) is 1.50. The van der Waals surface area contributed by atoms with Gasteiger partial charge in [0.05, 0.1) is 0 Å². The Kier molecular flexibility index (Phi) is 1.96. The number of hydrogen-bond acceptors (Lipinski definition) is 2. The summed E-state index contributed by atoms with van der Waals surface area (Å²) in [5.41, 5.74) is 6.25. The second-order valence-electron chi connectivity index (χ2n) is 3.57. The molecule has 0 aliphatic heterocycles. The SMILES string of the molecule is N[C@H](c1cc(O)ccc1F)C1CC1. The van der Waals surface area contributed by atoms with E-state index in [1.54, 1.807) is 0 Å². The first-order valence-electron chi connectivity index (χ1n) is 4.42. The molecule has 2 nitrogen and oxygen atoms in total. The van der Waals surface area contributed by atoms with Gasteiger partial charge in [0.2, 0.25) is 0 Å². The molecule has 1 aliphatic rings. The van der Waals surface area contributed by atoms with E-state index in [4.69, 9.17) is 10.8 Å². The van der Waals surface area contributed by atoms with Crippen LogP contribution in [0.5, 0.6) is 5.75 Å². The van der Waals surface area contributed by atoms with Crippen molar-refractivity contribution in [1.82, 2.24) is 0 Å². The van der Waals surface area contributed by atoms with E-state index in [0.717, 1.165) is 12.8 Å². The van der Waals surface area contributed by atoms with Crippen LogP contribution in [0.15, 0.2) is 18.2 Å². The van der Waals surface area contributed by atoms with Crippen molar-refractivity contribution in [2.45, 2.75) is 18.9 Å². The van der Waals surface area contributed by atoms with Gasteiger partial charge in [-0.3, -0.25) is 0 Å². The first kappa shape index (κ1) is 8.51. The van der Waals surface area contributed by atoms with Gasteiger partial charge in [0.15, 0.2) is 0 Å². The topological polar surface area (TPSA) is 46.2 Å². The van der Waals surface area contributed by atoms with Crippen molar-refractivity contribution in [2.75, 3.05) is 0 Å². The van der Waals surface area contributed by atoms with Crippen LogP contribution in [0.4, 0.5) is 4.39 Å². The summed E-state index contributed by atoms with van der Waals surface area (Å²) in [7, 11) is 0. The number of phenols is 1. The normalized spacial score (nSPS) is 18.6. The standard InChI is InChI=1S/C10H12FNO/c11-9-4-3-7(13)5-8(9)10(12)6-1-2-6/h3-6,10,13H,1-2,12H2/t10-/m0/s1. The predicted octanol–water partition coefficient (Wildman–Crippen LogP) is 1.94. The number of rotatable bonds is 2. The van der Waals surface area contributed by atoms with Crippen molar-refractivity contribution in [3.63, 3.8) is 0 Å². The van der Waals surface area contributed by atoms with E-state index in [0.29, 0.717) is 11.5 Å². The molecule has 70 valence electrons. The second-order valence-corrected chi connectivity index (χ2v) is 3.57. The summed E-state index contributed by atoms with van der Waals surface area (Å²) in [4.78, 5) is 0.